The second-order valence-electron chi connectivity index (χ2n) is 4.43. The fourth-order valence-corrected chi connectivity index (χ4v) is 2.58. The summed E-state index contributed by atoms with van der Waals surface area (Å²) in [6, 6.07) is 0. The Morgan fingerprint density at radius 3 is 3.14 bits per heavy atom. The first kappa shape index (κ1) is 13.6. The number of aromatic nitrogens is 3. The first-order valence-corrected chi connectivity index (χ1v) is 7.26. The van der Waals surface area contributed by atoms with Gasteiger partial charge in [-0.15, -0.1) is 11.3 Å². The Hall–Kier alpha value is -2.35. The van der Waals surface area contributed by atoms with Crippen molar-refractivity contribution in [3.8, 4) is 10.6 Å². The number of hydrogen-bond donors (Lipinski definition) is 1. The van der Waals surface area contributed by atoms with Gasteiger partial charge in [0.25, 0.3) is 5.91 Å². The van der Waals surface area contributed by atoms with E-state index >= 15 is 0 Å². The highest BCUT2D eigenvalue weighted by atomic mass is 32.1. The number of amides is 1. The molecule has 0 spiro atoms. The summed E-state index contributed by atoms with van der Waals surface area (Å²) in [5.41, 5.74) is 1.28. The predicted molar refractivity (Wildman–Crippen MR) is 76.6 cm³/mol. The number of aryl methyl sites for hydroxylation is 1. The summed E-state index contributed by atoms with van der Waals surface area (Å²) >= 11 is 1.41. The van der Waals surface area contributed by atoms with Crippen molar-refractivity contribution in [2.75, 3.05) is 19.8 Å². The molecule has 1 aliphatic rings. The zero-order valence-corrected chi connectivity index (χ0v) is 12.2. The van der Waals surface area contributed by atoms with Crippen molar-refractivity contribution in [2.24, 2.45) is 7.05 Å². The van der Waals surface area contributed by atoms with E-state index in [2.05, 4.69) is 15.4 Å². The number of thiazole rings is 1. The van der Waals surface area contributed by atoms with Crippen molar-refractivity contribution in [3.63, 3.8) is 0 Å². The predicted octanol–water partition coefficient (Wildman–Crippen LogP) is 1.16. The van der Waals surface area contributed by atoms with Gasteiger partial charge in [0.15, 0.2) is 0 Å². The first-order valence-electron chi connectivity index (χ1n) is 6.38. The monoisotopic (exact) mass is 306 g/mol. The van der Waals surface area contributed by atoms with Crippen molar-refractivity contribution in [1.82, 2.24) is 20.1 Å². The molecule has 1 aliphatic heterocycles. The molecule has 0 aliphatic carbocycles. The molecule has 3 heterocycles. The smallest absolute Gasteiger partial charge is 0.271 e. The van der Waals surface area contributed by atoms with Crippen LogP contribution in [0.25, 0.3) is 10.6 Å². The molecule has 1 N–H and O–H groups in total. The summed E-state index contributed by atoms with van der Waals surface area (Å²) < 4.78 is 12.2. The van der Waals surface area contributed by atoms with Gasteiger partial charge >= 0.3 is 0 Å². The first-order chi connectivity index (χ1) is 10.2. The van der Waals surface area contributed by atoms with Crippen LogP contribution in [-0.4, -0.2) is 40.4 Å². The summed E-state index contributed by atoms with van der Waals surface area (Å²) in [6.45, 7) is 1.33. The molecular formula is C13H14N4O3S. The standard InChI is InChI=1S/C13H14N4O3S/c1-17-6-9(4-15-17)13-16-11(8-21-13)12(18)14-5-10-7-19-2-3-20-10/h4,6-8H,2-3,5H2,1H3,(H,14,18). The van der Waals surface area contributed by atoms with E-state index in [0.29, 0.717) is 31.2 Å². The van der Waals surface area contributed by atoms with Crippen LogP contribution in [0.1, 0.15) is 10.5 Å². The minimum absolute atomic E-state index is 0.239. The van der Waals surface area contributed by atoms with E-state index in [1.165, 1.54) is 17.6 Å². The lowest BCUT2D eigenvalue weighted by molar-refractivity contribution is 0.0774. The van der Waals surface area contributed by atoms with E-state index in [-0.39, 0.29) is 5.91 Å². The Balaban J connectivity index is 1.62. The number of carbonyl (C=O) groups is 1. The molecule has 0 aromatic carbocycles. The number of hydrogen-bond acceptors (Lipinski definition) is 6. The van der Waals surface area contributed by atoms with E-state index in [1.807, 2.05) is 13.2 Å². The highest BCUT2D eigenvalue weighted by Crippen LogP contribution is 2.22. The van der Waals surface area contributed by atoms with Crippen LogP contribution in [0.2, 0.25) is 0 Å². The summed E-state index contributed by atoms with van der Waals surface area (Å²) in [5.74, 6) is 0.369. The normalized spacial score (nSPS) is 14.0. The van der Waals surface area contributed by atoms with Gasteiger partial charge in [-0.25, -0.2) is 4.98 Å². The molecule has 0 atom stereocenters. The third kappa shape index (κ3) is 3.22. The third-order valence-corrected chi connectivity index (χ3v) is 3.71. The van der Waals surface area contributed by atoms with E-state index in [9.17, 15) is 4.79 Å². The Kier molecular flexibility index (Phi) is 3.87. The lowest BCUT2D eigenvalue weighted by atomic mass is 10.4. The van der Waals surface area contributed by atoms with Gasteiger partial charge in [0, 0.05) is 24.2 Å². The van der Waals surface area contributed by atoms with Crippen LogP contribution < -0.4 is 5.32 Å². The number of nitrogens with zero attached hydrogens (tertiary/aromatic N) is 3. The summed E-state index contributed by atoms with van der Waals surface area (Å²) in [7, 11) is 1.84. The van der Waals surface area contributed by atoms with Crippen LogP contribution in [0.5, 0.6) is 0 Å². The molecule has 2 aromatic heterocycles. The molecule has 1 amide bonds. The SMILES string of the molecule is Cn1cc(-c2nc(C(=O)NCC3=COCCO3)cs2)cn1. The van der Waals surface area contributed by atoms with Crippen molar-refractivity contribution in [3.05, 3.63) is 35.5 Å². The molecule has 8 heteroatoms. The van der Waals surface area contributed by atoms with Crippen molar-refractivity contribution in [2.45, 2.75) is 0 Å². The summed E-state index contributed by atoms with van der Waals surface area (Å²) in [6.07, 6.45) is 5.10. The van der Waals surface area contributed by atoms with Crippen molar-refractivity contribution < 1.29 is 14.3 Å². The number of carbonyl (C=O) groups excluding carboxylic acids is 1. The van der Waals surface area contributed by atoms with Gasteiger partial charge in [0.2, 0.25) is 0 Å². The van der Waals surface area contributed by atoms with Gasteiger partial charge in [-0.2, -0.15) is 5.10 Å². The second kappa shape index (κ2) is 5.96. The number of rotatable bonds is 4. The van der Waals surface area contributed by atoms with Crippen LogP contribution in [0.3, 0.4) is 0 Å². The Bertz CT molecular complexity index is 677. The average Bonchev–Trinajstić information content (AvgIpc) is 3.14. The van der Waals surface area contributed by atoms with Crippen LogP contribution in [0.4, 0.5) is 0 Å². The third-order valence-electron chi connectivity index (χ3n) is 2.82. The lowest BCUT2D eigenvalue weighted by Gasteiger charge is -2.15. The zero-order valence-electron chi connectivity index (χ0n) is 11.4. The molecule has 110 valence electrons. The second-order valence-corrected chi connectivity index (χ2v) is 5.28. The quantitative estimate of drug-likeness (QED) is 0.917. The average molecular weight is 306 g/mol. The van der Waals surface area contributed by atoms with E-state index in [4.69, 9.17) is 9.47 Å². The fourth-order valence-electron chi connectivity index (χ4n) is 1.80. The van der Waals surface area contributed by atoms with Gasteiger partial charge in [0.05, 0.1) is 12.7 Å². The molecule has 0 bridgehead atoms. The lowest BCUT2D eigenvalue weighted by Crippen LogP contribution is -2.28. The van der Waals surface area contributed by atoms with Crippen molar-refractivity contribution >= 4 is 17.2 Å². The van der Waals surface area contributed by atoms with Crippen LogP contribution in [-0.2, 0) is 16.5 Å². The van der Waals surface area contributed by atoms with Gasteiger partial charge in [-0.05, 0) is 0 Å². The molecule has 0 saturated carbocycles. The van der Waals surface area contributed by atoms with E-state index in [1.54, 1.807) is 16.3 Å². The Morgan fingerprint density at radius 1 is 1.52 bits per heavy atom. The van der Waals surface area contributed by atoms with Gasteiger partial charge < -0.3 is 14.8 Å². The molecule has 0 unspecified atom stereocenters. The minimum atomic E-state index is -0.239. The number of ether oxygens (including phenoxy) is 2. The van der Waals surface area contributed by atoms with Gasteiger partial charge in [0.1, 0.15) is 35.9 Å². The fraction of sp³-hybridized carbons (Fsp3) is 0.308. The molecule has 0 saturated heterocycles. The molecule has 0 radical (unpaired) electrons. The maximum atomic E-state index is 12.0. The van der Waals surface area contributed by atoms with Crippen LogP contribution in [0, 0.1) is 0 Å². The Morgan fingerprint density at radius 2 is 2.43 bits per heavy atom. The van der Waals surface area contributed by atoms with E-state index < -0.39 is 0 Å². The van der Waals surface area contributed by atoms with Gasteiger partial charge in [-0.3, -0.25) is 9.48 Å². The molecule has 21 heavy (non-hydrogen) atoms. The van der Waals surface area contributed by atoms with E-state index in [0.717, 1.165) is 10.6 Å². The zero-order chi connectivity index (χ0) is 14.7. The van der Waals surface area contributed by atoms with Gasteiger partial charge in [-0.1, -0.05) is 0 Å². The highest BCUT2D eigenvalue weighted by molar-refractivity contribution is 7.13. The molecule has 0 fully saturated rings. The number of nitrogens with one attached hydrogen (secondary N) is 1. The van der Waals surface area contributed by atoms with Crippen LogP contribution in [0.15, 0.2) is 29.8 Å². The summed E-state index contributed by atoms with van der Waals surface area (Å²) in [5, 5.41) is 9.33. The molecule has 7 nitrogen and oxygen atoms in total. The maximum Gasteiger partial charge on any atom is 0.271 e. The van der Waals surface area contributed by atoms with Crippen molar-refractivity contribution in [1.29, 1.82) is 0 Å². The topological polar surface area (TPSA) is 78.3 Å². The van der Waals surface area contributed by atoms with Crippen LogP contribution >= 0.6 is 11.3 Å². The Labute approximate surface area is 125 Å². The molecule has 2 aromatic rings. The highest BCUT2D eigenvalue weighted by Gasteiger charge is 2.14. The molecular weight excluding hydrogens is 292 g/mol. The largest absolute Gasteiger partial charge is 0.494 e. The maximum absolute atomic E-state index is 12.0. The molecule has 3 rings (SSSR count). The minimum Gasteiger partial charge on any atom is -0.494 e. The summed E-state index contributed by atoms with van der Waals surface area (Å²) in [4.78, 5) is 16.3.